The van der Waals surface area contributed by atoms with Crippen molar-refractivity contribution in [2.75, 3.05) is 13.1 Å². The smallest absolute Gasteiger partial charge is 0.348 e. The standard InChI is InChI=1S/C23H24F3N3O3/c1-15(2)29-11-10-28(21(31)22(29)32)14-16-6-8-18(9-7-16)20(30)27-13-17-4-3-5-19(12-17)23(24,25)26/h3-9,12,15H,10-11,13-14H2,1-2H3,(H,27,30). The maximum Gasteiger partial charge on any atom is 0.416 e. The summed E-state index contributed by atoms with van der Waals surface area (Å²) in [5.74, 6) is -1.49. The van der Waals surface area contributed by atoms with Crippen LogP contribution >= 0.6 is 0 Å². The minimum atomic E-state index is -4.44. The minimum Gasteiger partial charge on any atom is -0.348 e. The molecule has 170 valence electrons. The third kappa shape index (κ3) is 5.46. The first-order valence-electron chi connectivity index (χ1n) is 10.2. The molecule has 1 N–H and O–H groups in total. The van der Waals surface area contributed by atoms with Crippen LogP contribution in [0.25, 0.3) is 0 Å². The first-order valence-corrected chi connectivity index (χ1v) is 10.2. The first-order chi connectivity index (χ1) is 15.1. The molecule has 0 spiro atoms. The van der Waals surface area contributed by atoms with E-state index in [2.05, 4.69) is 5.32 Å². The molecule has 1 aliphatic rings. The van der Waals surface area contributed by atoms with E-state index in [0.717, 1.165) is 17.7 Å². The maximum absolute atomic E-state index is 12.8. The molecule has 6 nitrogen and oxygen atoms in total. The van der Waals surface area contributed by atoms with Gasteiger partial charge >= 0.3 is 18.0 Å². The lowest BCUT2D eigenvalue weighted by Crippen LogP contribution is -2.55. The molecule has 9 heteroatoms. The van der Waals surface area contributed by atoms with Gasteiger partial charge in [0.15, 0.2) is 0 Å². The van der Waals surface area contributed by atoms with E-state index in [1.54, 1.807) is 24.3 Å². The Labute approximate surface area is 184 Å². The summed E-state index contributed by atoms with van der Waals surface area (Å²) >= 11 is 0. The predicted molar refractivity (Wildman–Crippen MR) is 111 cm³/mol. The fourth-order valence-electron chi connectivity index (χ4n) is 3.46. The quantitative estimate of drug-likeness (QED) is 0.692. The zero-order chi connectivity index (χ0) is 23.5. The van der Waals surface area contributed by atoms with Crippen LogP contribution < -0.4 is 5.32 Å². The summed E-state index contributed by atoms with van der Waals surface area (Å²) in [4.78, 5) is 39.9. The topological polar surface area (TPSA) is 69.7 Å². The molecule has 3 amide bonds. The van der Waals surface area contributed by atoms with Crippen molar-refractivity contribution >= 4 is 17.7 Å². The van der Waals surface area contributed by atoms with E-state index >= 15 is 0 Å². The van der Waals surface area contributed by atoms with Gasteiger partial charge in [0.2, 0.25) is 0 Å². The van der Waals surface area contributed by atoms with E-state index in [9.17, 15) is 27.6 Å². The van der Waals surface area contributed by atoms with E-state index in [0.29, 0.717) is 24.2 Å². The van der Waals surface area contributed by atoms with Gasteiger partial charge in [-0.25, -0.2) is 0 Å². The van der Waals surface area contributed by atoms with Gasteiger partial charge in [0, 0.05) is 37.8 Å². The molecular weight excluding hydrogens is 423 g/mol. The summed E-state index contributed by atoms with van der Waals surface area (Å²) in [7, 11) is 0. The Bertz CT molecular complexity index is 1000. The normalized spacial score (nSPS) is 14.8. The Balaban J connectivity index is 1.57. The van der Waals surface area contributed by atoms with Gasteiger partial charge in [-0.3, -0.25) is 14.4 Å². The van der Waals surface area contributed by atoms with Crippen molar-refractivity contribution in [2.45, 2.75) is 39.2 Å². The molecule has 1 aliphatic heterocycles. The second kappa shape index (κ2) is 9.42. The van der Waals surface area contributed by atoms with Crippen molar-refractivity contribution in [1.29, 1.82) is 0 Å². The summed E-state index contributed by atoms with van der Waals surface area (Å²) < 4.78 is 38.4. The molecule has 0 atom stereocenters. The number of rotatable bonds is 6. The average Bonchev–Trinajstić information content (AvgIpc) is 2.75. The van der Waals surface area contributed by atoms with Crippen LogP contribution in [0.5, 0.6) is 0 Å². The van der Waals surface area contributed by atoms with E-state index < -0.39 is 29.5 Å². The molecule has 0 unspecified atom stereocenters. The summed E-state index contributed by atoms with van der Waals surface area (Å²) in [5.41, 5.74) is 0.677. The van der Waals surface area contributed by atoms with Crippen molar-refractivity contribution < 1.29 is 27.6 Å². The first kappa shape index (κ1) is 23.3. The van der Waals surface area contributed by atoms with Gasteiger partial charge in [-0.2, -0.15) is 13.2 Å². The number of halogens is 3. The average molecular weight is 447 g/mol. The van der Waals surface area contributed by atoms with Crippen LogP contribution in [-0.2, 0) is 28.9 Å². The van der Waals surface area contributed by atoms with Gasteiger partial charge < -0.3 is 15.1 Å². The van der Waals surface area contributed by atoms with Crippen LogP contribution in [0.2, 0.25) is 0 Å². The molecule has 1 saturated heterocycles. The van der Waals surface area contributed by atoms with E-state index in [1.807, 2.05) is 13.8 Å². The Hall–Kier alpha value is -3.36. The highest BCUT2D eigenvalue weighted by Gasteiger charge is 2.33. The Morgan fingerprint density at radius 1 is 1.00 bits per heavy atom. The lowest BCUT2D eigenvalue weighted by atomic mass is 10.1. The summed E-state index contributed by atoms with van der Waals surface area (Å²) in [6.45, 7) is 4.83. The van der Waals surface area contributed by atoms with Gasteiger partial charge in [-0.15, -0.1) is 0 Å². The third-order valence-corrected chi connectivity index (χ3v) is 5.26. The number of hydrogen-bond acceptors (Lipinski definition) is 3. The van der Waals surface area contributed by atoms with Gasteiger partial charge in [0.25, 0.3) is 5.91 Å². The van der Waals surface area contributed by atoms with E-state index in [4.69, 9.17) is 0 Å². The largest absolute Gasteiger partial charge is 0.416 e. The molecule has 2 aromatic rings. The molecule has 0 saturated carbocycles. The van der Waals surface area contributed by atoms with Crippen LogP contribution in [0.4, 0.5) is 13.2 Å². The number of alkyl halides is 3. The van der Waals surface area contributed by atoms with Gasteiger partial charge in [-0.1, -0.05) is 24.3 Å². The zero-order valence-corrected chi connectivity index (χ0v) is 17.8. The monoisotopic (exact) mass is 447 g/mol. The minimum absolute atomic E-state index is 0.0395. The molecule has 32 heavy (non-hydrogen) atoms. The van der Waals surface area contributed by atoms with Crippen molar-refractivity contribution in [2.24, 2.45) is 0 Å². The Kier molecular flexibility index (Phi) is 6.86. The number of benzene rings is 2. The zero-order valence-electron chi connectivity index (χ0n) is 17.8. The number of carbonyl (C=O) groups is 3. The number of piperazine rings is 1. The number of amides is 3. The number of nitrogens with one attached hydrogen (secondary N) is 1. The van der Waals surface area contributed by atoms with Gasteiger partial charge in [0.1, 0.15) is 0 Å². The molecule has 2 aromatic carbocycles. The fraction of sp³-hybridized carbons (Fsp3) is 0.348. The van der Waals surface area contributed by atoms with Crippen LogP contribution in [0.3, 0.4) is 0 Å². The van der Waals surface area contributed by atoms with Crippen molar-refractivity contribution in [1.82, 2.24) is 15.1 Å². The molecule has 1 heterocycles. The lowest BCUT2D eigenvalue weighted by molar-refractivity contribution is -0.157. The van der Waals surface area contributed by atoms with E-state index in [-0.39, 0.29) is 19.1 Å². The van der Waals surface area contributed by atoms with Crippen LogP contribution in [0, 0.1) is 0 Å². The second-order valence-corrected chi connectivity index (χ2v) is 7.90. The highest BCUT2D eigenvalue weighted by atomic mass is 19.4. The molecule has 0 radical (unpaired) electrons. The highest BCUT2D eigenvalue weighted by molar-refractivity contribution is 6.35. The Morgan fingerprint density at radius 3 is 2.31 bits per heavy atom. The Morgan fingerprint density at radius 2 is 1.69 bits per heavy atom. The predicted octanol–water partition coefficient (Wildman–Crippen LogP) is 3.21. The number of hydrogen-bond donors (Lipinski definition) is 1. The molecule has 1 fully saturated rings. The molecular formula is C23H24F3N3O3. The summed E-state index contributed by atoms with van der Waals surface area (Å²) in [5, 5.41) is 2.60. The van der Waals surface area contributed by atoms with Crippen molar-refractivity contribution in [3.63, 3.8) is 0 Å². The highest BCUT2D eigenvalue weighted by Crippen LogP contribution is 2.29. The molecule has 0 aromatic heterocycles. The van der Waals surface area contributed by atoms with Crippen LogP contribution in [0.1, 0.15) is 40.9 Å². The SMILES string of the molecule is CC(C)N1CCN(Cc2ccc(C(=O)NCc3cccc(C(F)(F)F)c3)cc2)C(=O)C1=O. The van der Waals surface area contributed by atoms with Gasteiger partial charge in [-0.05, 0) is 49.2 Å². The number of nitrogens with zero attached hydrogens (tertiary/aromatic N) is 2. The van der Waals surface area contributed by atoms with Crippen molar-refractivity contribution in [3.05, 3.63) is 70.8 Å². The van der Waals surface area contributed by atoms with Crippen LogP contribution in [-0.4, -0.2) is 46.7 Å². The van der Waals surface area contributed by atoms with Crippen LogP contribution in [0.15, 0.2) is 48.5 Å². The van der Waals surface area contributed by atoms with Crippen molar-refractivity contribution in [3.8, 4) is 0 Å². The second-order valence-electron chi connectivity index (χ2n) is 7.90. The molecule has 3 rings (SSSR count). The summed E-state index contributed by atoms with van der Waals surface area (Å²) in [6, 6.07) is 11.3. The van der Waals surface area contributed by atoms with E-state index in [1.165, 1.54) is 21.9 Å². The summed E-state index contributed by atoms with van der Waals surface area (Å²) in [6.07, 6.45) is -4.44. The third-order valence-electron chi connectivity index (χ3n) is 5.26. The molecule has 0 bridgehead atoms. The van der Waals surface area contributed by atoms with Gasteiger partial charge in [0.05, 0.1) is 5.56 Å². The lowest BCUT2D eigenvalue weighted by Gasteiger charge is -2.36. The molecule has 0 aliphatic carbocycles. The fourth-order valence-corrected chi connectivity index (χ4v) is 3.46. The number of carbonyl (C=O) groups excluding carboxylic acids is 3. The maximum atomic E-state index is 12.8.